The first-order valence-electron chi connectivity index (χ1n) is 4.55. The van der Waals surface area contributed by atoms with Gasteiger partial charge in [-0.1, -0.05) is 0 Å². The van der Waals surface area contributed by atoms with E-state index in [0.717, 1.165) is 19.0 Å². The molecule has 3 aliphatic rings. The minimum atomic E-state index is -0.615. The summed E-state index contributed by atoms with van der Waals surface area (Å²) in [5.41, 5.74) is 0.0956. The van der Waals surface area contributed by atoms with Crippen molar-refractivity contribution in [2.75, 3.05) is 19.0 Å². The van der Waals surface area contributed by atoms with Crippen LogP contribution < -0.4 is 10.6 Å². The Morgan fingerprint density at radius 1 is 1.62 bits per heavy atom. The molecule has 72 valence electrons. The Balaban J connectivity index is 1.83. The number of carboxylic acids is 1. The second-order valence-electron chi connectivity index (χ2n) is 4.10. The number of hydrogen-bond acceptors (Lipinski definition) is 4. The van der Waals surface area contributed by atoms with Crippen molar-refractivity contribution in [1.82, 2.24) is 10.6 Å². The molecule has 3 fully saturated rings. The van der Waals surface area contributed by atoms with Crippen molar-refractivity contribution in [1.29, 1.82) is 0 Å². The SMILES string of the molecule is O=C(O)C1C2SCC3(CNCN3)C21. The van der Waals surface area contributed by atoms with Crippen molar-refractivity contribution < 1.29 is 9.90 Å². The normalized spacial score (nSPS) is 52.5. The van der Waals surface area contributed by atoms with Gasteiger partial charge in [0.05, 0.1) is 5.92 Å². The van der Waals surface area contributed by atoms with Crippen molar-refractivity contribution in [2.45, 2.75) is 10.8 Å². The molecule has 2 saturated heterocycles. The Hall–Kier alpha value is -0.260. The van der Waals surface area contributed by atoms with Gasteiger partial charge in [-0.15, -0.1) is 0 Å². The highest BCUT2D eigenvalue weighted by Gasteiger charge is 2.69. The molecule has 4 nitrogen and oxygen atoms in total. The van der Waals surface area contributed by atoms with Gasteiger partial charge in [0.2, 0.25) is 0 Å². The molecule has 1 spiro atoms. The molecule has 3 N–H and O–H groups in total. The van der Waals surface area contributed by atoms with E-state index in [1.54, 1.807) is 0 Å². The van der Waals surface area contributed by atoms with Crippen molar-refractivity contribution in [3.05, 3.63) is 0 Å². The Labute approximate surface area is 80.5 Å². The lowest BCUT2D eigenvalue weighted by molar-refractivity contribution is -0.139. The predicted molar refractivity (Wildman–Crippen MR) is 49.6 cm³/mol. The number of hydrogen-bond donors (Lipinski definition) is 3. The largest absolute Gasteiger partial charge is 0.481 e. The summed E-state index contributed by atoms with van der Waals surface area (Å²) in [4.78, 5) is 10.9. The summed E-state index contributed by atoms with van der Waals surface area (Å²) >= 11 is 1.82. The van der Waals surface area contributed by atoms with Gasteiger partial charge in [0.25, 0.3) is 0 Å². The fourth-order valence-corrected chi connectivity index (χ4v) is 4.63. The number of carbonyl (C=O) groups is 1. The molecular weight excluding hydrogens is 188 g/mol. The molecule has 0 aromatic heterocycles. The van der Waals surface area contributed by atoms with Gasteiger partial charge in [-0.25, -0.2) is 0 Å². The maximum atomic E-state index is 10.9. The molecule has 4 atom stereocenters. The van der Waals surface area contributed by atoms with Crippen molar-refractivity contribution >= 4 is 17.7 Å². The average molecular weight is 200 g/mol. The first-order valence-corrected chi connectivity index (χ1v) is 5.60. The fraction of sp³-hybridized carbons (Fsp3) is 0.875. The van der Waals surface area contributed by atoms with E-state index < -0.39 is 5.97 Å². The minimum Gasteiger partial charge on any atom is -0.481 e. The summed E-state index contributed by atoms with van der Waals surface area (Å²) < 4.78 is 0. The van der Waals surface area contributed by atoms with E-state index in [4.69, 9.17) is 5.11 Å². The second-order valence-corrected chi connectivity index (χ2v) is 5.27. The van der Waals surface area contributed by atoms with Gasteiger partial charge in [0, 0.05) is 35.7 Å². The summed E-state index contributed by atoms with van der Waals surface area (Å²) in [5.74, 6) is 0.727. The number of rotatable bonds is 1. The zero-order valence-corrected chi connectivity index (χ0v) is 7.93. The van der Waals surface area contributed by atoms with Crippen LogP contribution in [0.3, 0.4) is 0 Å². The van der Waals surface area contributed by atoms with Gasteiger partial charge >= 0.3 is 5.97 Å². The Bertz CT molecular complexity index is 259. The third-order valence-corrected chi connectivity index (χ3v) is 5.07. The highest BCUT2D eigenvalue weighted by atomic mass is 32.2. The molecular formula is C8H12N2O2S. The van der Waals surface area contributed by atoms with Gasteiger partial charge in [0.1, 0.15) is 0 Å². The summed E-state index contributed by atoms with van der Waals surface area (Å²) in [6.45, 7) is 1.76. The monoisotopic (exact) mass is 200 g/mol. The molecule has 1 saturated carbocycles. The maximum Gasteiger partial charge on any atom is 0.308 e. The van der Waals surface area contributed by atoms with E-state index in [1.165, 1.54) is 0 Å². The predicted octanol–water partition coefficient (Wildman–Crippen LogP) is -0.678. The fourth-order valence-electron chi connectivity index (χ4n) is 2.71. The molecule has 0 aromatic carbocycles. The molecule has 1 aliphatic carbocycles. The molecule has 13 heavy (non-hydrogen) atoms. The quantitative estimate of drug-likeness (QED) is 0.523. The third kappa shape index (κ3) is 0.923. The smallest absolute Gasteiger partial charge is 0.308 e. The van der Waals surface area contributed by atoms with Crippen LogP contribution in [0.25, 0.3) is 0 Å². The number of carboxylic acid groups (broad SMARTS) is 1. The third-order valence-electron chi connectivity index (χ3n) is 3.42. The summed E-state index contributed by atoms with van der Waals surface area (Å²) in [7, 11) is 0. The van der Waals surface area contributed by atoms with Gasteiger partial charge in [-0.05, 0) is 0 Å². The van der Waals surface area contributed by atoms with Gasteiger partial charge in [-0.3, -0.25) is 10.1 Å². The van der Waals surface area contributed by atoms with E-state index in [2.05, 4.69) is 10.6 Å². The molecule has 0 amide bonds. The lowest BCUT2D eigenvalue weighted by Gasteiger charge is -2.24. The van der Waals surface area contributed by atoms with E-state index in [1.807, 2.05) is 11.8 Å². The first kappa shape index (κ1) is 8.08. The van der Waals surface area contributed by atoms with Crippen LogP contribution in [0.15, 0.2) is 0 Å². The van der Waals surface area contributed by atoms with Crippen LogP contribution in [0.1, 0.15) is 0 Å². The lowest BCUT2D eigenvalue weighted by atomic mass is 9.95. The van der Waals surface area contributed by atoms with Crippen LogP contribution in [-0.2, 0) is 4.79 Å². The molecule has 3 rings (SSSR count). The lowest BCUT2D eigenvalue weighted by Crippen LogP contribution is -2.46. The topological polar surface area (TPSA) is 61.4 Å². The summed E-state index contributed by atoms with van der Waals surface area (Å²) in [6.07, 6.45) is 0. The molecule has 0 bridgehead atoms. The molecule has 0 radical (unpaired) electrons. The molecule has 5 heteroatoms. The standard InChI is InChI=1S/C8H12N2O2S/c11-7(12)4-5-6(4)13-2-8(5)1-9-3-10-8/h4-6,9-10H,1-3H2,(H,11,12). The van der Waals surface area contributed by atoms with E-state index >= 15 is 0 Å². The summed E-state index contributed by atoms with van der Waals surface area (Å²) in [6, 6.07) is 0. The van der Waals surface area contributed by atoms with Crippen LogP contribution in [0.4, 0.5) is 0 Å². The molecule has 0 aromatic rings. The summed E-state index contributed by atoms with van der Waals surface area (Å²) in [5, 5.41) is 16.0. The first-order chi connectivity index (χ1) is 6.25. The van der Waals surface area contributed by atoms with Crippen LogP contribution in [0.5, 0.6) is 0 Å². The Morgan fingerprint density at radius 3 is 3.00 bits per heavy atom. The number of thioether (sulfide) groups is 1. The van der Waals surface area contributed by atoms with Crippen LogP contribution in [0, 0.1) is 11.8 Å². The van der Waals surface area contributed by atoms with E-state index in [-0.39, 0.29) is 11.5 Å². The van der Waals surface area contributed by atoms with Crippen molar-refractivity contribution in [3.63, 3.8) is 0 Å². The van der Waals surface area contributed by atoms with Gasteiger partial charge < -0.3 is 10.4 Å². The Kier molecular flexibility index (Phi) is 1.49. The number of fused-ring (bicyclic) bond motifs is 2. The minimum absolute atomic E-state index is 0.0915. The maximum absolute atomic E-state index is 10.9. The average Bonchev–Trinajstić information content (AvgIpc) is 2.49. The highest BCUT2D eigenvalue weighted by Crippen LogP contribution is 2.61. The zero-order valence-electron chi connectivity index (χ0n) is 7.12. The Morgan fingerprint density at radius 2 is 2.46 bits per heavy atom. The van der Waals surface area contributed by atoms with Crippen LogP contribution in [-0.4, -0.2) is 40.8 Å². The zero-order chi connectivity index (χ0) is 9.05. The molecule has 2 aliphatic heterocycles. The number of nitrogens with one attached hydrogen (secondary N) is 2. The highest BCUT2D eigenvalue weighted by molar-refractivity contribution is 8.00. The van der Waals surface area contributed by atoms with Gasteiger partial charge in [0.15, 0.2) is 0 Å². The van der Waals surface area contributed by atoms with Gasteiger partial charge in [-0.2, -0.15) is 11.8 Å². The van der Waals surface area contributed by atoms with E-state index in [9.17, 15) is 4.79 Å². The van der Waals surface area contributed by atoms with Crippen LogP contribution >= 0.6 is 11.8 Å². The molecule has 4 unspecified atom stereocenters. The van der Waals surface area contributed by atoms with Crippen LogP contribution in [0.2, 0.25) is 0 Å². The second kappa shape index (κ2) is 2.40. The number of aliphatic carboxylic acids is 1. The van der Waals surface area contributed by atoms with Crippen molar-refractivity contribution in [2.24, 2.45) is 11.8 Å². The molecule has 2 heterocycles. The van der Waals surface area contributed by atoms with E-state index in [0.29, 0.717) is 11.2 Å². The van der Waals surface area contributed by atoms with Crippen molar-refractivity contribution in [3.8, 4) is 0 Å².